The third-order valence-electron chi connectivity index (χ3n) is 9.94. The molecule has 0 aromatic carbocycles. The first-order valence-corrected chi connectivity index (χ1v) is 49.4. The number of aromatic amines is 4. The predicted octanol–water partition coefficient (Wildman–Crippen LogP) is -11.4. The fourth-order valence-corrected chi connectivity index (χ4v) is 57.1. The average Bonchev–Trinajstić information content (AvgIpc) is 0.832. The number of aliphatic hydroxyl groups is 2. The number of rotatable bonds is 17. The van der Waals surface area contributed by atoms with E-state index in [9.17, 15) is 72.2 Å². The second-order valence-electron chi connectivity index (χ2n) is 17.4. The Kier molecular flexibility index (Phi) is 24.1. The highest BCUT2D eigenvalue weighted by Gasteiger charge is 2.85. The third kappa shape index (κ3) is 21.5. The molecule has 9 heterocycles. The van der Waals surface area contributed by atoms with Crippen LogP contribution in [0.3, 0.4) is 0 Å². The van der Waals surface area contributed by atoms with E-state index >= 15 is 0 Å². The Morgan fingerprint density at radius 2 is 0.893 bits per heavy atom. The van der Waals surface area contributed by atoms with Crippen molar-refractivity contribution < 1.29 is 174 Å². The number of anilines is 1. The molecule has 46 nitrogen and oxygen atoms in total. The molecule has 9 rings (SSSR count). The molecule has 7 saturated heterocycles. The quantitative estimate of drug-likeness (QED) is 0.0303. The number of aliphatic hydroxyl groups excluding tert-OH is 2. The molecule has 0 amide bonds. The zero-order valence-corrected chi connectivity index (χ0v) is 59.4. The van der Waals surface area contributed by atoms with Gasteiger partial charge >= 0.3 is 126 Å². The van der Waals surface area contributed by atoms with Crippen molar-refractivity contribution in [3.05, 3.63) is 15.4 Å². The molecule has 0 saturated carbocycles. The molecule has 2 aromatic heterocycles. The SMILES string of the molecule is CO.CO[Si]1(CCCOCC(O)CCc2nc(=S)[nH][nH]2)O[Si]2(O[Si](C)(O)O[Si](O)(O)O2)O[Si]2(O[Si](O)(O)O[Si](O)(O)O2)O1.CO[Si]1(CCCOCC2CO2)O[Si]2(O[Si](C)(O)O[Si](O)(O)O2)O[Si]2(O[Si](O)(O)O[Si](O)(O)O2)O1.Nc1nc(=S)[nH][nH]1. The first-order chi connectivity index (χ1) is 38.6. The highest BCUT2D eigenvalue weighted by atomic mass is 32.1. The summed E-state index contributed by atoms with van der Waals surface area (Å²) in [6.45, 7) is 3.02. The van der Waals surface area contributed by atoms with Crippen LogP contribution in [-0.2, 0) is 104 Å². The van der Waals surface area contributed by atoms with Gasteiger partial charge in [-0.2, -0.15) is 4.98 Å². The summed E-state index contributed by atoms with van der Waals surface area (Å²) in [6.07, 6.45) is 0.174. The lowest BCUT2D eigenvalue weighted by atomic mass is 10.2. The van der Waals surface area contributed by atoms with Gasteiger partial charge in [-0.3, -0.25) is 20.4 Å². The van der Waals surface area contributed by atoms with Gasteiger partial charge in [-0.15, -0.1) is 0 Å². The largest absolute Gasteiger partial charge is 0.662 e. The van der Waals surface area contributed by atoms with Crippen LogP contribution in [0.5, 0.6) is 0 Å². The first-order valence-electron chi connectivity index (χ1n) is 23.4. The first kappa shape index (κ1) is 73.1. The van der Waals surface area contributed by atoms with Crippen LogP contribution in [0.1, 0.15) is 25.1 Å². The summed E-state index contributed by atoms with van der Waals surface area (Å²) in [5.41, 5.74) is 5.11. The summed E-state index contributed by atoms with van der Waals surface area (Å²) >= 11 is 9.43. The van der Waals surface area contributed by atoms with Gasteiger partial charge in [-0.1, -0.05) is 0 Å². The van der Waals surface area contributed by atoms with Gasteiger partial charge in [0.2, 0.25) is 15.5 Å². The summed E-state index contributed by atoms with van der Waals surface area (Å²) in [5.74, 6) is 0.891. The lowest BCUT2D eigenvalue weighted by molar-refractivity contribution is -0.102. The highest BCUT2D eigenvalue weighted by Crippen LogP contribution is 2.45. The van der Waals surface area contributed by atoms with Crippen molar-refractivity contribution >= 4 is 156 Å². The van der Waals surface area contributed by atoms with E-state index in [4.69, 9.17) is 112 Å². The van der Waals surface area contributed by atoms with Gasteiger partial charge in [-0.25, -0.2) is 4.98 Å². The normalized spacial score (nSPS) is 34.8. The summed E-state index contributed by atoms with van der Waals surface area (Å²) in [7, 11) is -66.4. The van der Waals surface area contributed by atoms with Crippen molar-refractivity contribution in [3.8, 4) is 0 Å². The van der Waals surface area contributed by atoms with Crippen LogP contribution in [0.4, 0.5) is 5.95 Å². The Morgan fingerprint density at radius 3 is 1.21 bits per heavy atom. The fourth-order valence-electron chi connectivity index (χ4n) is 7.10. The number of H-pyrrole nitrogens is 4. The highest BCUT2D eigenvalue weighted by molar-refractivity contribution is 7.71. The predicted molar refractivity (Wildman–Crippen MR) is 282 cm³/mol. The zero-order chi connectivity index (χ0) is 62.7. The number of nitrogens with two attached hydrogens (primary N) is 1. The molecule has 2 aromatic rings. The summed E-state index contributed by atoms with van der Waals surface area (Å²) in [4.78, 5) is 150. The molecule has 7 aliphatic rings. The van der Waals surface area contributed by atoms with E-state index in [1.54, 1.807) is 0 Å². The number of hydrogen-bond acceptors (Lipinski definition) is 44. The average molecular weight is 1510 g/mol. The Bertz CT molecular complexity index is 2430. The topological polar surface area (TPSA) is 654 Å². The number of aryl methyl sites for hydroxylation is 1. The van der Waals surface area contributed by atoms with Gasteiger partial charge in [0.1, 0.15) is 11.9 Å². The Morgan fingerprint density at radius 1 is 0.524 bits per heavy atom. The second kappa shape index (κ2) is 27.7. The van der Waals surface area contributed by atoms with Crippen LogP contribution >= 0.6 is 24.4 Å². The van der Waals surface area contributed by atoms with E-state index < -0.39 is 132 Å². The molecule has 486 valence electrons. The van der Waals surface area contributed by atoms with Gasteiger partial charge in [0.25, 0.3) is 0 Å². The van der Waals surface area contributed by atoms with Crippen LogP contribution in [0.25, 0.3) is 0 Å². The molecule has 7 fully saturated rings. The maximum Gasteiger partial charge on any atom is 0.662 e. The minimum atomic E-state index is -5.39. The van der Waals surface area contributed by atoms with Gasteiger partial charge in [0.05, 0.1) is 25.9 Å². The minimum absolute atomic E-state index is 0.00508. The number of nitrogens with zero attached hydrogens (tertiary/aromatic N) is 2. The molecule has 84 heavy (non-hydrogen) atoms. The van der Waals surface area contributed by atoms with Crippen LogP contribution in [0, 0.1) is 9.54 Å². The molecule has 0 aliphatic carbocycles. The van der Waals surface area contributed by atoms with Crippen molar-refractivity contribution in [2.24, 2.45) is 0 Å². The molecule has 62 heteroatoms. The van der Waals surface area contributed by atoms with Crippen LogP contribution < -0.4 is 5.73 Å². The number of nitrogen functional groups attached to an aromatic ring is 1. The Hall–Kier alpha value is -0.00364. The molecule has 8 atom stereocenters. The van der Waals surface area contributed by atoms with Crippen LogP contribution in [0.2, 0.25) is 25.2 Å². The smallest absolute Gasteiger partial charge is 0.400 e. The number of ether oxygens (including phenoxy) is 3. The van der Waals surface area contributed by atoms with E-state index in [-0.39, 0.29) is 55.6 Å². The maximum absolute atomic E-state index is 10.5. The zero-order valence-electron chi connectivity index (χ0n) is 43.8. The molecule has 0 radical (unpaired) electrons. The van der Waals surface area contributed by atoms with Crippen LogP contribution in [-0.4, -0.2) is 300 Å². The van der Waals surface area contributed by atoms with Crippen LogP contribution in [0.15, 0.2) is 0 Å². The van der Waals surface area contributed by atoms with E-state index in [1.807, 2.05) is 0 Å². The van der Waals surface area contributed by atoms with Crippen molar-refractivity contribution in [2.45, 2.75) is 63.1 Å². The third-order valence-corrected chi connectivity index (χ3v) is 53.3. The molecule has 0 bridgehead atoms. The van der Waals surface area contributed by atoms with Gasteiger partial charge in [0.15, 0.2) is 0 Å². The maximum atomic E-state index is 10.5. The Labute approximate surface area is 496 Å². The van der Waals surface area contributed by atoms with E-state index in [2.05, 4.69) is 50.8 Å². The summed E-state index contributed by atoms with van der Waals surface area (Å²) in [5, 5.41) is 27.6. The second-order valence-corrected chi connectivity index (χ2v) is 51.6. The molecule has 22 N–H and O–H groups in total. The summed E-state index contributed by atoms with van der Waals surface area (Å²) in [6, 6.07) is -0.307. The minimum Gasteiger partial charge on any atom is -0.400 e. The lowest BCUT2D eigenvalue weighted by Crippen LogP contribution is -2.85. The van der Waals surface area contributed by atoms with E-state index in [0.29, 0.717) is 42.6 Å². The fraction of sp³-hybridized carbons (Fsp3) is 0.818. The molecule has 8 unspecified atom stereocenters. The van der Waals surface area contributed by atoms with Gasteiger partial charge < -0.3 is 180 Å². The van der Waals surface area contributed by atoms with Crippen molar-refractivity contribution in [3.63, 3.8) is 0 Å². The van der Waals surface area contributed by atoms with E-state index in [1.165, 1.54) is 0 Å². The lowest BCUT2D eigenvalue weighted by Gasteiger charge is -2.52. The molecular formula is C22H61N7O39S2Si14. The molecule has 7 aliphatic heterocycles. The monoisotopic (exact) mass is 1500 g/mol. The Balaban J connectivity index is 0.000000237. The van der Waals surface area contributed by atoms with Crippen molar-refractivity contribution in [1.82, 2.24) is 30.4 Å². The molecular weight excluding hydrogens is 1440 g/mol. The molecule has 4 spiro atoms. The van der Waals surface area contributed by atoms with Crippen molar-refractivity contribution in [2.75, 3.05) is 60.1 Å². The number of aromatic nitrogens is 6. The number of nitrogens with one attached hydrogen (secondary N) is 4. The standard InChI is InChI=1S/C11H29N3O19SSi7.C8H24O19Si7.C2H4N4S.CH4O/c1-23-36(7-3-6-24-8-9(15)4-5-10-12-11(34)14-13-10)27-40(26-35(2,16)25-37(17,18)30-40)33-41(28-36)31-38(19,20)29-39(21,22)32-41;1-16-29(5-3-4-17-6-8-7-18-8)21-33(20-28(2,9)19-30(10,11)24-33)27-34(22-29)25-31(12,13)23-32(14,15)26-34;3-1-4-2(7)6-5-1;1-2/h9,15-22H,3-8H2,1-2H3,(H2,12,13,14,34);8-15H,3-7H2,1-2H3;(H4,3,4,5,6,7);2H,1H3. The summed E-state index contributed by atoms with van der Waals surface area (Å²) < 4.78 is 120. The van der Waals surface area contributed by atoms with Gasteiger partial charge in [0, 0.05) is 66.1 Å². The number of hydrogen-bond donors (Lipinski definition) is 21. The van der Waals surface area contributed by atoms with Gasteiger partial charge in [-0.05, 0) is 43.7 Å². The van der Waals surface area contributed by atoms with Crippen molar-refractivity contribution in [1.29, 1.82) is 0 Å². The number of epoxide rings is 1. The van der Waals surface area contributed by atoms with E-state index in [0.717, 1.165) is 34.4 Å².